The van der Waals surface area contributed by atoms with Crippen LogP contribution < -0.4 is 0 Å². The number of nitrogens with zero attached hydrogens (tertiary/aromatic N) is 2. The summed E-state index contributed by atoms with van der Waals surface area (Å²) in [6.45, 7) is 4.35. The van der Waals surface area contributed by atoms with Crippen molar-refractivity contribution in [2.45, 2.75) is 26.7 Å². The van der Waals surface area contributed by atoms with E-state index in [2.05, 4.69) is 46.2 Å². The number of benzene rings is 2. The van der Waals surface area contributed by atoms with Crippen LogP contribution in [0.25, 0.3) is 0 Å². The van der Waals surface area contributed by atoms with Crippen LogP contribution in [-0.4, -0.2) is 40.8 Å². The monoisotopic (exact) mass is 298 g/mol. The maximum Gasteiger partial charge on any atom is 0.120 e. The lowest BCUT2D eigenvalue weighted by Gasteiger charge is -2.38. The van der Waals surface area contributed by atoms with Crippen molar-refractivity contribution < 1.29 is 5.11 Å². The van der Waals surface area contributed by atoms with E-state index in [-0.39, 0.29) is 13.7 Å². The van der Waals surface area contributed by atoms with Crippen molar-refractivity contribution in [2.24, 2.45) is 0 Å². The number of piperazine rings is 1. The second-order valence-electron chi connectivity index (χ2n) is 5.66. The average Bonchev–Trinajstić information content (AvgIpc) is 2.52. The summed E-state index contributed by atoms with van der Waals surface area (Å²) >= 11 is 0. The van der Waals surface area contributed by atoms with Gasteiger partial charge in [0.15, 0.2) is 0 Å². The van der Waals surface area contributed by atoms with E-state index in [1.165, 1.54) is 11.1 Å². The van der Waals surface area contributed by atoms with Gasteiger partial charge in [0.05, 0.1) is 0 Å². The number of β-amino-alcohol motifs (C(OH)–C–C–N with tert-alkyl or cyclic N) is 1. The topological polar surface area (TPSA) is 26.7 Å². The van der Waals surface area contributed by atoms with Crippen LogP contribution in [0.2, 0.25) is 0 Å². The van der Waals surface area contributed by atoms with Crippen LogP contribution in [0.1, 0.15) is 18.6 Å². The quantitative estimate of drug-likeness (QED) is 0.940. The summed E-state index contributed by atoms with van der Waals surface area (Å²) in [5, 5.41) is 10.4. The lowest BCUT2D eigenvalue weighted by molar-refractivity contribution is -0.0626. The fourth-order valence-corrected chi connectivity index (χ4v) is 2.84. The van der Waals surface area contributed by atoms with Gasteiger partial charge in [-0.25, -0.2) is 0 Å². The first-order valence-electron chi connectivity index (χ1n) is 7.53. The third kappa shape index (κ3) is 4.41. The van der Waals surface area contributed by atoms with Crippen LogP contribution in [0.3, 0.4) is 0 Å². The van der Waals surface area contributed by atoms with Gasteiger partial charge in [0.25, 0.3) is 0 Å². The summed E-state index contributed by atoms with van der Waals surface area (Å²) in [6, 6.07) is 20.8. The lowest BCUT2D eigenvalue weighted by atomic mass is 10.1. The fraction of sp³-hybridized carbons (Fsp3) is 0.368. The SMILES string of the molecule is C.OC1CN(Cc2ccccc2)CCN1Cc1ccccc1. The Morgan fingerprint density at radius 3 is 1.91 bits per heavy atom. The molecule has 1 saturated heterocycles. The molecule has 1 aliphatic rings. The van der Waals surface area contributed by atoms with Gasteiger partial charge in [0.2, 0.25) is 0 Å². The van der Waals surface area contributed by atoms with E-state index >= 15 is 0 Å². The molecule has 1 atom stereocenters. The van der Waals surface area contributed by atoms with E-state index in [9.17, 15) is 5.11 Å². The zero-order chi connectivity index (χ0) is 14.5. The highest BCUT2D eigenvalue weighted by Crippen LogP contribution is 2.14. The largest absolute Gasteiger partial charge is 0.377 e. The van der Waals surface area contributed by atoms with Crippen LogP contribution in [-0.2, 0) is 13.1 Å². The van der Waals surface area contributed by atoms with E-state index in [0.29, 0.717) is 6.54 Å². The van der Waals surface area contributed by atoms with Gasteiger partial charge in [-0.05, 0) is 11.1 Å². The maximum absolute atomic E-state index is 10.4. The van der Waals surface area contributed by atoms with Crippen molar-refractivity contribution in [2.75, 3.05) is 19.6 Å². The Kier molecular flexibility index (Phi) is 6.13. The molecule has 1 fully saturated rings. The van der Waals surface area contributed by atoms with E-state index in [1.54, 1.807) is 0 Å². The molecule has 0 radical (unpaired) electrons. The van der Waals surface area contributed by atoms with Gasteiger partial charge in [-0.3, -0.25) is 9.80 Å². The molecule has 3 nitrogen and oxygen atoms in total. The van der Waals surface area contributed by atoms with Crippen LogP contribution in [0, 0.1) is 0 Å². The Bertz CT molecular complexity index is 544. The summed E-state index contributed by atoms with van der Waals surface area (Å²) in [7, 11) is 0. The Labute approximate surface area is 133 Å². The fourth-order valence-electron chi connectivity index (χ4n) is 2.84. The van der Waals surface area contributed by atoms with Crippen molar-refractivity contribution in [1.29, 1.82) is 0 Å². The Balaban J connectivity index is 0.00000176. The number of hydrogen-bond donors (Lipinski definition) is 1. The highest BCUT2D eigenvalue weighted by Gasteiger charge is 2.24. The molecule has 22 heavy (non-hydrogen) atoms. The number of aliphatic hydroxyl groups is 1. The number of hydrogen-bond acceptors (Lipinski definition) is 3. The zero-order valence-corrected chi connectivity index (χ0v) is 12.2. The molecule has 0 saturated carbocycles. The molecule has 3 heteroatoms. The molecular weight excluding hydrogens is 272 g/mol. The molecule has 1 unspecified atom stereocenters. The van der Waals surface area contributed by atoms with Crippen molar-refractivity contribution in [3.8, 4) is 0 Å². The molecule has 0 aromatic heterocycles. The number of aliphatic hydroxyl groups excluding tert-OH is 1. The summed E-state index contributed by atoms with van der Waals surface area (Å²) in [4.78, 5) is 4.47. The van der Waals surface area contributed by atoms with Gasteiger partial charge in [-0.15, -0.1) is 0 Å². The molecule has 118 valence electrons. The summed E-state index contributed by atoms with van der Waals surface area (Å²) < 4.78 is 0. The van der Waals surface area contributed by atoms with Gasteiger partial charge in [-0.1, -0.05) is 68.1 Å². The third-order valence-electron chi connectivity index (χ3n) is 4.02. The predicted octanol–water partition coefficient (Wildman–Crippen LogP) is 2.96. The average molecular weight is 298 g/mol. The summed E-state index contributed by atoms with van der Waals surface area (Å²) in [6.07, 6.45) is -0.386. The second-order valence-corrected chi connectivity index (χ2v) is 5.66. The van der Waals surface area contributed by atoms with Crippen molar-refractivity contribution in [1.82, 2.24) is 9.80 Å². The smallest absolute Gasteiger partial charge is 0.120 e. The minimum Gasteiger partial charge on any atom is -0.377 e. The minimum atomic E-state index is -0.386. The third-order valence-corrected chi connectivity index (χ3v) is 4.02. The normalized spacial score (nSPS) is 19.6. The zero-order valence-electron chi connectivity index (χ0n) is 12.2. The van der Waals surface area contributed by atoms with Gasteiger partial charge in [0.1, 0.15) is 6.23 Å². The summed E-state index contributed by atoms with van der Waals surface area (Å²) in [5.74, 6) is 0. The standard InChI is InChI=1S/C18H22N2O.CH4/c21-18-15-19(13-16-7-3-1-4-8-16)11-12-20(18)14-17-9-5-2-6-10-17;/h1-10,18,21H,11-15H2;1H4. The molecule has 3 rings (SSSR count). The van der Waals surface area contributed by atoms with E-state index < -0.39 is 0 Å². The molecular formula is C19H26N2O. The highest BCUT2D eigenvalue weighted by molar-refractivity contribution is 5.15. The van der Waals surface area contributed by atoms with E-state index in [0.717, 1.165) is 26.2 Å². The van der Waals surface area contributed by atoms with Gasteiger partial charge < -0.3 is 5.11 Å². The Morgan fingerprint density at radius 1 is 0.818 bits per heavy atom. The van der Waals surface area contributed by atoms with E-state index in [1.807, 2.05) is 24.3 Å². The molecule has 2 aromatic rings. The molecule has 0 aliphatic carbocycles. The van der Waals surface area contributed by atoms with E-state index in [4.69, 9.17) is 0 Å². The Morgan fingerprint density at radius 2 is 1.36 bits per heavy atom. The number of rotatable bonds is 4. The van der Waals surface area contributed by atoms with Gasteiger partial charge >= 0.3 is 0 Å². The van der Waals surface area contributed by atoms with Crippen molar-refractivity contribution >= 4 is 0 Å². The Hall–Kier alpha value is -1.68. The molecule has 2 aromatic carbocycles. The van der Waals surface area contributed by atoms with Gasteiger partial charge in [-0.2, -0.15) is 0 Å². The molecule has 1 heterocycles. The first-order valence-corrected chi connectivity index (χ1v) is 7.53. The van der Waals surface area contributed by atoms with Gasteiger partial charge in [0, 0.05) is 32.7 Å². The molecule has 0 bridgehead atoms. The molecule has 0 spiro atoms. The van der Waals surface area contributed by atoms with Crippen LogP contribution in [0.5, 0.6) is 0 Å². The second kappa shape index (κ2) is 8.08. The molecule has 1 aliphatic heterocycles. The lowest BCUT2D eigenvalue weighted by Crippen LogP contribution is -2.52. The molecule has 1 N–H and O–H groups in total. The maximum atomic E-state index is 10.4. The predicted molar refractivity (Wildman–Crippen MR) is 91.3 cm³/mol. The van der Waals surface area contributed by atoms with Crippen LogP contribution >= 0.6 is 0 Å². The summed E-state index contributed by atoms with van der Waals surface area (Å²) in [5.41, 5.74) is 2.56. The van der Waals surface area contributed by atoms with Crippen molar-refractivity contribution in [3.63, 3.8) is 0 Å². The first kappa shape index (κ1) is 16.7. The van der Waals surface area contributed by atoms with Crippen molar-refractivity contribution in [3.05, 3.63) is 71.8 Å². The van der Waals surface area contributed by atoms with Crippen LogP contribution in [0.15, 0.2) is 60.7 Å². The van der Waals surface area contributed by atoms with Crippen LogP contribution in [0.4, 0.5) is 0 Å². The minimum absolute atomic E-state index is 0. The highest BCUT2D eigenvalue weighted by atomic mass is 16.3. The first-order chi connectivity index (χ1) is 10.3. The molecule has 0 amide bonds.